The van der Waals surface area contributed by atoms with Crippen molar-refractivity contribution in [3.05, 3.63) is 0 Å². The highest BCUT2D eigenvalue weighted by molar-refractivity contribution is 4.76. The Morgan fingerprint density at radius 1 is 1.17 bits per heavy atom. The molecule has 0 aliphatic heterocycles. The second kappa shape index (κ2) is 8.16. The Labute approximate surface area is 114 Å². The second-order valence-corrected chi connectivity index (χ2v) is 6.54. The normalized spacial score (nSPS) is 26.8. The van der Waals surface area contributed by atoms with E-state index in [9.17, 15) is 0 Å². The molecule has 2 nitrogen and oxygen atoms in total. The average molecular weight is 255 g/mol. The van der Waals surface area contributed by atoms with E-state index in [1.807, 2.05) is 0 Å². The summed E-state index contributed by atoms with van der Waals surface area (Å²) in [5, 5.41) is 3.52. The molecule has 3 unspecified atom stereocenters. The van der Waals surface area contributed by atoms with E-state index in [4.69, 9.17) is 4.74 Å². The zero-order chi connectivity index (χ0) is 13.5. The maximum Gasteiger partial charge on any atom is 0.0726 e. The summed E-state index contributed by atoms with van der Waals surface area (Å²) in [6.07, 6.45) is 7.50. The highest BCUT2D eigenvalue weighted by atomic mass is 16.5. The summed E-state index contributed by atoms with van der Waals surface area (Å²) in [5.41, 5.74) is 0. The van der Waals surface area contributed by atoms with E-state index in [0.29, 0.717) is 24.2 Å². The predicted molar refractivity (Wildman–Crippen MR) is 78.9 cm³/mol. The SMILES string of the molecule is CCC1CCCC(OC(CNC(C)C)C(C)C)C1. The molecular weight excluding hydrogens is 222 g/mol. The van der Waals surface area contributed by atoms with E-state index in [0.717, 1.165) is 12.5 Å². The smallest absolute Gasteiger partial charge is 0.0726 e. The number of nitrogens with one attached hydrogen (secondary N) is 1. The molecule has 1 aliphatic rings. The van der Waals surface area contributed by atoms with Crippen LogP contribution in [0, 0.1) is 11.8 Å². The zero-order valence-corrected chi connectivity index (χ0v) is 13.0. The van der Waals surface area contributed by atoms with Crippen LogP contribution in [-0.4, -0.2) is 24.8 Å². The van der Waals surface area contributed by atoms with Crippen LogP contribution in [0.4, 0.5) is 0 Å². The predicted octanol–water partition coefficient (Wildman–Crippen LogP) is 3.99. The molecule has 18 heavy (non-hydrogen) atoms. The van der Waals surface area contributed by atoms with Gasteiger partial charge in [-0.25, -0.2) is 0 Å². The fourth-order valence-corrected chi connectivity index (χ4v) is 2.78. The van der Waals surface area contributed by atoms with Gasteiger partial charge in [0, 0.05) is 12.6 Å². The van der Waals surface area contributed by atoms with Gasteiger partial charge in [-0.05, 0) is 24.7 Å². The van der Waals surface area contributed by atoms with Crippen molar-refractivity contribution in [3.8, 4) is 0 Å². The van der Waals surface area contributed by atoms with Crippen molar-refractivity contribution in [1.82, 2.24) is 5.32 Å². The number of rotatable bonds is 7. The maximum absolute atomic E-state index is 6.37. The molecular formula is C16H33NO. The fourth-order valence-electron chi connectivity index (χ4n) is 2.78. The minimum atomic E-state index is 0.369. The third-order valence-corrected chi connectivity index (χ3v) is 4.15. The van der Waals surface area contributed by atoms with Crippen LogP contribution >= 0.6 is 0 Å². The van der Waals surface area contributed by atoms with E-state index in [-0.39, 0.29) is 0 Å². The highest BCUT2D eigenvalue weighted by Gasteiger charge is 2.25. The number of ether oxygens (including phenoxy) is 1. The largest absolute Gasteiger partial charge is 0.373 e. The molecule has 0 spiro atoms. The summed E-state index contributed by atoms with van der Waals surface area (Å²) >= 11 is 0. The Bertz CT molecular complexity index is 215. The van der Waals surface area contributed by atoms with Gasteiger partial charge in [0.05, 0.1) is 12.2 Å². The summed E-state index contributed by atoms with van der Waals surface area (Å²) in [4.78, 5) is 0. The molecule has 1 fully saturated rings. The van der Waals surface area contributed by atoms with Gasteiger partial charge in [0.2, 0.25) is 0 Å². The topological polar surface area (TPSA) is 21.3 Å². The molecule has 0 radical (unpaired) electrons. The summed E-state index contributed by atoms with van der Waals surface area (Å²) < 4.78 is 6.37. The molecule has 0 saturated heterocycles. The molecule has 0 bridgehead atoms. The first-order chi connectivity index (χ1) is 8.52. The Hall–Kier alpha value is -0.0800. The van der Waals surface area contributed by atoms with Crippen LogP contribution in [0.5, 0.6) is 0 Å². The summed E-state index contributed by atoms with van der Waals surface area (Å²) in [6.45, 7) is 12.2. The van der Waals surface area contributed by atoms with Crippen LogP contribution in [0.25, 0.3) is 0 Å². The Balaban J connectivity index is 2.39. The molecule has 1 N–H and O–H groups in total. The standard InChI is InChI=1S/C16H33NO/c1-6-14-8-7-9-15(10-14)18-16(12(2)3)11-17-13(4)5/h12-17H,6-11H2,1-5H3. The molecule has 1 rings (SSSR count). The summed E-state index contributed by atoms with van der Waals surface area (Å²) in [6, 6.07) is 0.546. The highest BCUT2D eigenvalue weighted by Crippen LogP contribution is 2.29. The van der Waals surface area contributed by atoms with Crippen molar-refractivity contribution in [3.63, 3.8) is 0 Å². The van der Waals surface area contributed by atoms with Gasteiger partial charge >= 0.3 is 0 Å². The molecule has 0 aromatic heterocycles. The van der Waals surface area contributed by atoms with Crippen LogP contribution in [0.3, 0.4) is 0 Å². The first-order valence-electron chi connectivity index (χ1n) is 7.91. The van der Waals surface area contributed by atoms with Gasteiger partial charge in [0.15, 0.2) is 0 Å². The molecule has 1 saturated carbocycles. The first-order valence-corrected chi connectivity index (χ1v) is 7.91. The van der Waals surface area contributed by atoms with Crippen LogP contribution in [0.2, 0.25) is 0 Å². The third kappa shape index (κ3) is 5.71. The summed E-state index contributed by atoms with van der Waals surface area (Å²) in [5.74, 6) is 1.49. The van der Waals surface area contributed by atoms with Crippen molar-refractivity contribution in [2.75, 3.05) is 6.54 Å². The fraction of sp³-hybridized carbons (Fsp3) is 1.00. The Morgan fingerprint density at radius 3 is 2.44 bits per heavy atom. The van der Waals surface area contributed by atoms with Gasteiger partial charge in [-0.3, -0.25) is 0 Å². The quantitative estimate of drug-likeness (QED) is 0.742. The van der Waals surface area contributed by atoms with Gasteiger partial charge in [0.1, 0.15) is 0 Å². The lowest BCUT2D eigenvalue weighted by Crippen LogP contribution is -2.39. The molecule has 3 atom stereocenters. The lowest BCUT2D eigenvalue weighted by atomic mass is 9.85. The molecule has 108 valence electrons. The van der Waals surface area contributed by atoms with Crippen molar-refractivity contribution in [1.29, 1.82) is 0 Å². The van der Waals surface area contributed by atoms with Crippen molar-refractivity contribution < 1.29 is 4.74 Å². The molecule has 0 amide bonds. The minimum absolute atomic E-state index is 0.369. The first kappa shape index (κ1) is 16.0. The van der Waals surface area contributed by atoms with Crippen LogP contribution < -0.4 is 5.32 Å². The Kier molecular flexibility index (Phi) is 7.25. The lowest BCUT2D eigenvalue weighted by Gasteiger charge is -2.33. The van der Waals surface area contributed by atoms with E-state index in [1.165, 1.54) is 32.1 Å². The van der Waals surface area contributed by atoms with Crippen molar-refractivity contribution >= 4 is 0 Å². The molecule has 0 heterocycles. The van der Waals surface area contributed by atoms with Crippen molar-refractivity contribution in [2.45, 2.75) is 85.0 Å². The van der Waals surface area contributed by atoms with Crippen molar-refractivity contribution in [2.24, 2.45) is 11.8 Å². The lowest BCUT2D eigenvalue weighted by molar-refractivity contribution is -0.0592. The average Bonchev–Trinajstić information content (AvgIpc) is 2.34. The molecule has 1 aliphatic carbocycles. The molecule has 0 aromatic rings. The van der Waals surface area contributed by atoms with E-state index in [1.54, 1.807) is 0 Å². The second-order valence-electron chi connectivity index (χ2n) is 6.54. The van der Waals surface area contributed by atoms with Gasteiger partial charge in [-0.2, -0.15) is 0 Å². The van der Waals surface area contributed by atoms with Crippen LogP contribution in [0.15, 0.2) is 0 Å². The van der Waals surface area contributed by atoms with Gasteiger partial charge in [0.25, 0.3) is 0 Å². The van der Waals surface area contributed by atoms with E-state index >= 15 is 0 Å². The summed E-state index contributed by atoms with van der Waals surface area (Å²) in [7, 11) is 0. The van der Waals surface area contributed by atoms with E-state index in [2.05, 4.69) is 39.9 Å². The van der Waals surface area contributed by atoms with Gasteiger partial charge < -0.3 is 10.1 Å². The molecule has 0 aromatic carbocycles. The van der Waals surface area contributed by atoms with E-state index < -0.39 is 0 Å². The zero-order valence-electron chi connectivity index (χ0n) is 13.0. The monoisotopic (exact) mass is 255 g/mol. The van der Waals surface area contributed by atoms with Gasteiger partial charge in [-0.1, -0.05) is 53.9 Å². The van der Waals surface area contributed by atoms with Crippen LogP contribution in [0.1, 0.15) is 66.7 Å². The van der Waals surface area contributed by atoms with Crippen LogP contribution in [-0.2, 0) is 4.74 Å². The third-order valence-electron chi connectivity index (χ3n) is 4.15. The number of hydrogen-bond acceptors (Lipinski definition) is 2. The van der Waals surface area contributed by atoms with Gasteiger partial charge in [-0.15, -0.1) is 0 Å². The maximum atomic E-state index is 6.37. The number of hydrogen-bond donors (Lipinski definition) is 1. The Morgan fingerprint density at radius 2 is 1.89 bits per heavy atom. The minimum Gasteiger partial charge on any atom is -0.373 e. The molecule has 2 heteroatoms.